The number of hydrogen-bond donors (Lipinski definition) is 0. The summed E-state index contributed by atoms with van der Waals surface area (Å²) in [5.41, 5.74) is 1.32. The topological polar surface area (TPSA) is 65.1 Å². The maximum atomic E-state index is 11.9. The van der Waals surface area contributed by atoms with E-state index in [0.717, 1.165) is 24.8 Å². The summed E-state index contributed by atoms with van der Waals surface area (Å²) in [7, 11) is 1.35. The molecule has 1 saturated heterocycles. The first-order valence-corrected chi connectivity index (χ1v) is 8.32. The second-order valence-corrected chi connectivity index (χ2v) is 5.88. The fourth-order valence-corrected chi connectivity index (χ4v) is 2.45. The summed E-state index contributed by atoms with van der Waals surface area (Å²) in [5, 5.41) is 0. The highest BCUT2D eigenvalue weighted by Gasteiger charge is 2.33. The molecule has 2 rings (SSSR count). The van der Waals surface area contributed by atoms with Crippen LogP contribution in [0.1, 0.15) is 42.1 Å². The Labute approximate surface area is 142 Å². The summed E-state index contributed by atoms with van der Waals surface area (Å²) in [6.45, 7) is 5.43. The van der Waals surface area contributed by atoms with Gasteiger partial charge in [-0.15, -0.1) is 0 Å². The van der Waals surface area contributed by atoms with E-state index >= 15 is 0 Å². The van der Waals surface area contributed by atoms with Gasteiger partial charge in [-0.25, -0.2) is 9.59 Å². The number of hydrogen-bond acceptors (Lipinski definition) is 5. The summed E-state index contributed by atoms with van der Waals surface area (Å²) in [5.74, 6) is 0.204. The van der Waals surface area contributed by atoms with Crippen molar-refractivity contribution in [3.63, 3.8) is 0 Å². The van der Waals surface area contributed by atoms with Crippen LogP contribution in [0.4, 0.5) is 4.79 Å². The van der Waals surface area contributed by atoms with Gasteiger partial charge in [-0.05, 0) is 37.5 Å². The summed E-state index contributed by atoms with van der Waals surface area (Å²) in [4.78, 5) is 25.3. The maximum absolute atomic E-state index is 11.9. The van der Waals surface area contributed by atoms with E-state index in [1.54, 1.807) is 11.0 Å². The summed E-state index contributed by atoms with van der Waals surface area (Å²) >= 11 is 0. The minimum absolute atomic E-state index is 0.0157. The molecule has 0 saturated carbocycles. The number of esters is 1. The zero-order chi connectivity index (χ0) is 17.5. The minimum atomic E-state index is -0.386. The zero-order valence-corrected chi connectivity index (χ0v) is 14.5. The Kier molecular flexibility index (Phi) is 6.46. The number of likely N-dealkylation sites (tertiary alicyclic amines) is 1. The highest BCUT2D eigenvalue weighted by atomic mass is 16.6. The molecule has 6 nitrogen and oxygen atoms in total. The molecule has 0 spiro atoms. The van der Waals surface area contributed by atoms with Crippen LogP contribution >= 0.6 is 0 Å². The lowest BCUT2D eigenvalue weighted by Crippen LogP contribution is -2.54. The molecule has 1 unspecified atom stereocenters. The van der Waals surface area contributed by atoms with Crippen LogP contribution in [0.2, 0.25) is 0 Å². The molecule has 1 aliphatic heterocycles. The SMILES string of the molecule is CCCCOC(=O)N1CCC1COc1ccc(C)c(C(=O)OC)c1. The molecule has 0 aliphatic carbocycles. The Morgan fingerprint density at radius 1 is 1.33 bits per heavy atom. The van der Waals surface area contributed by atoms with Crippen LogP contribution in [0, 0.1) is 6.92 Å². The number of rotatable bonds is 7. The molecule has 1 fully saturated rings. The molecule has 6 heteroatoms. The number of methoxy groups -OCH3 is 1. The van der Waals surface area contributed by atoms with Crippen LogP contribution in [-0.4, -0.2) is 49.9 Å². The Morgan fingerprint density at radius 2 is 2.12 bits per heavy atom. The average Bonchev–Trinajstić information content (AvgIpc) is 2.55. The number of nitrogens with zero attached hydrogens (tertiary/aromatic N) is 1. The van der Waals surface area contributed by atoms with Crippen molar-refractivity contribution in [3.05, 3.63) is 29.3 Å². The first kappa shape index (κ1) is 18.1. The van der Waals surface area contributed by atoms with Crippen LogP contribution in [0.25, 0.3) is 0 Å². The molecule has 24 heavy (non-hydrogen) atoms. The van der Waals surface area contributed by atoms with Gasteiger partial charge in [0, 0.05) is 6.54 Å². The lowest BCUT2D eigenvalue weighted by molar-refractivity contribution is 0.0289. The second kappa shape index (κ2) is 8.57. The Hall–Kier alpha value is -2.24. The first-order valence-electron chi connectivity index (χ1n) is 8.32. The molecule has 0 radical (unpaired) electrons. The fraction of sp³-hybridized carbons (Fsp3) is 0.556. The van der Waals surface area contributed by atoms with Gasteiger partial charge >= 0.3 is 12.1 Å². The van der Waals surface area contributed by atoms with E-state index in [0.29, 0.717) is 31.1 Å². The van der Waals surface area contributed by atoms with Crippen molar-refractivity contribution >= 4 is 12.1 Å². The number of carbonyl (C=O) groups excluding carboxylic acids is 2. The van der Waals surface area contributed by atoms with Gasteiger partial charge in [0.15, 0.2) is 0 Å². The lowest BCUT2D eigenvalue weighted by Gasteiger charge is -2.39. The van der Waals surface area contributed by atoms with E-state index < -0.39 is 0 Å². The summed E-state index contributed by atoms with van der Waals surface area (Å²) in [6.07, 6.45) is 2.48. The van der Waals surface area contributed by atoms with Crippen molar-refractivity contribution in [2.75, 3.05) is 26.9 Å². The van der Waals surface area contributed by atoms with Gasteiger partial charge in [0.1, 0.15) is 12.4 Å². The first-order chi connectivity index (χ1) is 11.6. The third-order valence-electron chi connectivity index (χ3n) is 4.16. The fourth-order valence-electron chi connectivity index (χ4n) is 2.45. The van der Waals surface area contributed by atoms with Crippen LogP contribution in [0.3, 0.4) is 0 Å². The van der Waals surface area contributed by atoms with Gasteiger partial charge in [-0.3, -0.25) is 0 Å². The van der Waals surface area contributed by atoms with E-state index in [4.69, 9.17) is 14.2 Å². The van der Waals surface area contributed by atoms with E-state index in [1.165, 1.54) is 7.11 Å². The van der Waals surface area contributed by atoms with Gasteiger partial charge in [0.05, 0.1) is 25.3 Å². The van der Waals surface area contributed by atoms with Crippen molar-refractivity contribution in [2.45, 2.75) is 39.2 Å². The number of benzene rings is 1. The molecule has 1 amide bonds. The summed E-state index contributed by atoms with van der Waals surface area (Å²) < 4.78 is 15.7. The summed E-state index contributed by atoms with van der Waals surface area (Å²) in [6, 6.07) is 5.31. The number of ether oxygens (including phenoxy) is 3. The molecule has 0 aromatic heterocycles. The highest BCUT2D eigenvalue weighted by molar-refractivity contribution is 5.91. The third-order valence-corrected chi connectivity index (χ3v) is 4.16. The predicted octanol–water partition coefficient (Wildman–Crippen LogP) is 3.17. The van der Waals surface area contributed by atoms with Gasteiger partial charge in [-0.1, -0.05) is 19.4 Å². The van der Waals surface area contributed by atoms with Crippen molar-refractivity contribution in [1.82, 2.24) is 4.90 Å². The molecule has 0 bridgehead atoms. The molecule has 0 N–H and O–H groups in total. The standard InChI is InChI=1S/C18H25NO5/c1-4-5-10-23-18(21)19-9-8-14(19)12-24-15-7-6-13(2)16(11-15)17(20)22-3/h6-7,11,14H,4-5,8-10,12H2,1-3H3. The van der Waals surface area contributed by atoms with E-state index in [2.05, 4.69) is 6.92 Å². The Bertz CT molecular complexity index is 587. The number of carbonyl (C=O) groups is 2. The molecule has 1 heterocycles. The van der Waals surface area contributed by atoms with Crippen LogP contribution in [0.15, 0.2) is 18.2 Å². The number of unbranched alkanes of at least 4 members (excludes halogenated alkanes) is 1. The van der Waals surface area contributed by atoms with Crippen molar-refractivity contribution in [2.24, 2.45) is 0 Å². The molecule has 132 valence electrons. The molecule has 1 aromatic rings. The van der Waals surface area contributed by atoms with E-state index in [9.17, 15) is 9.59 Å². The molecule has 1 aliphatic rings. The number of aryl methyl sites for hydroxylation is 1. The van der Waals surface area contributed by atoms with Gasteiger partial charge in [-0.2, -0.15) is 0 Å². The maximum Gasteiger partial charge on any atom is 0.410 e. The normalized spacial score (nSPS) is 16.3. The van der Waals surface area contributed by atoms with E-state index in [-0.39, 0.29) is 18.1 Å². The Balaban J connectivity index is 1.87. The van der Waals surface area contributed by atoms with Gasteiger partial charge < -0.3 is 19.1 Å². The third kappa shape index (κ3) is 4.40. The minimum Gasteiger partial charge on any atom is -0.491 e. The van der Waals surface area contributed by atoms with Crippen LogP contribution in [0.5, 0.6) is 5.75 Å². The number of amides is 1. The predicted molar refractivity (Wildman–Crippen MR) is 89.4 cm³/mol. The zero-order valence-electron chi connectivity index (χ0n) is 14.5. The molecular weight excluding hydrogens is 310 g/mol. The van der Waals surface area contributed by atoms with Crippen molar-refractivity contribution in [1.29, 1.82) is 0 Å². The lowest BCUT2D eigenvalue weighted by atomic mass is 10.1. The average molecular weight is 335 g/mol. The largest absolute Gasteiger partial charge is 0.491 e. The Morgan fingerprint density at radius 3 is 2.75 bits per heavy atom. The van der Waals surface area contributed by atoms with Crippen LogP contribution < -0.4 is 4.74 Å². The smallest absolute Gasteiger partial charge is 0.410 e. The van der Waals surface area contributed by atoms with Crippen molar-refractivity contribution < 1.29 is 23.8 Å². The molecule has 1 atom stereocenters. The molecular formula is C18H25NO5. The van der Waals surface area contributed by atoms with Gasteiger partial charge in [0.25, 0.3) is 0 Å². The van der Waals surface area contributed by atoms with Crippen LogP contribution in [-0.2, 0) is 9.47 Å². The van der Waals surface area contributed by atoms with Crippen molar-refractivity contribution in [3.8, 4) is 5.75 Å². The monoisotopic (exact) mass is 335 g/mol. The molecule has 1 aromatic carbocycles. The van der Waals surface area contributed by atoms with E-state index in [1.807, 2.05) is 19.1 Å². The van der Waals surface area contributed by atoms with Gasteiger partial charge in [0.2, 0.25) is 0 Å². The highest BCUT2D eigenvalue weighted by Crippen LogP contribution is 2.22. The second-order valence-electron chi connectivity index (χ2n) is 5.88. The quantitative estimate of drug-likeness (QED) is 0.566.